The molecule has 6 nitrogen and oxygen atoms in total. The quantitative estimate of drug-likeness (QED) is 0.557. The molecule has 5 rings (SSSR count). The molecule has 6 heteroatoms. The number of benzene rings is 3. The van der Waals surface area contributed by atoms with Gasteiger partial charge in [-0.3, -0.25) is 9.98 Å². The fourth-order valence-corrected chi connectivity index (χ4v) is 3.82. The van der Waals surface area contributed by atoms with Crippen molar-refractivity contribution in [3.8, 4) is 11.5 Å². The predicted molar refractivity (Wildman–Crippen MR) is 131 cm³/mol. The van der Waals surface area contributed by atoms with Crippen LogP contribution in [0.2, 0.25) is 0 Å². The first kappa shape index (κ1) is 21.1. The van der Waals surface area contributed by atoms with E-state index in [0.29, 0.717) is 13.2 Å². The average molecular weight is 441 g/mol. The Balaban J connectivity index is 1.14. The number of nitrogens with zero attached hydrogens (tertiary/aromatic N) is 2. The van der Waals surface area contributed by atoms with Crippen LogP contribution < -0.4 is 20.1 Å². The first-order valence-electron chi connectivity index (χ1n) is 11.4. The van der Waals surface area contributed by atoms with Crippen LogP contribution in [0.5, 0.6) is 11.5 Å². The fourth-order valence-electron chi connectivity index (χ4n) is 3.82. The van der Waals surface area contributed by atoms with Gasteiger partial charge in [-0.1, -0.05) is 54.6 Å². The summed E-state index contributed by atoms with van der Waals surface area (Å²) in [6.45, 7) is 4.64. The molecule has 0 radical (unpaired) electrons. The van der Waals surface area contributed by atoms with E-state index in [9.17, 15) is 0 Å². The summed E-state index contributed by atoms with van der Waals surface area (Å²) in [5, 5.41) is 6.65. The van der Waals surface area contributed by atoms with Gasteiger partial charge in [-0.25, -0.2) is 0 Å². The molecule has 0 aliphatic carbocycles. The number of hydrogen-bond acceptors (Lipinski definition) is 6. The normalized spacial score (nSPS) is 15.2. The molecule has 3 aromatic carbocycles. The maximum atomic E-state index is 6.00. The van der Waals surface area contributed by atoms with E-state index in [4.69, 9.17) is 9.47 Å². The van der Waals surface area contributed by atoms with Gasteiger partial charge in [0.2, 0.25) is 0 Å². The molecule has 0 atom stereocenters. The summed E-state index contributed by atoms with van der Waals surface area (Å²) in [6, 6.07) is 24.5. The zero-order chi connectivity index (χ0) is 22.3. The Kier molecular flexibility index (Phi) is 6.52. The number of aliphatic imine (C=N–C) groups is 2. The van der Waals surface area contributed by atoms with Crippen molar-refractivity contribution >= 4 is 11.7 Å². The molecular formula is C27H28N4O2. The Morgan fingerprint density at radius 1 is 0.636 bits per heavy atom. The topological polar surface area (TPSA) is 67.2 Å². The molecule has 0 aromatic heterocycles. The minimum absolute atomic E-state index is 0.503. The summed E-state index contributed by atoms with van der Waals surface area (Å²) in [5.41, 5.74) is 4.46. The minimum Gasteiger partial charge on any atom is -0.489 e. The molecule has 2 N–H and O–H groups in total. The summed E-state index contributed by atoms with van der Waals surface area (Å²) >= 11 is 0. The van der Waals surface area contributed by atoms with Crippen molar-refractivity contribution < 1.29 is 9.47 Å². The van der Waals surface area contributed by atoms with Gasteiger partial charge in [0.25, 0.3) is 0 Å². The predicted octanol–water partition coefficient (Wildman–Crippen LogP) is 3.93. The molecule has 3 aromatic rings. The molecule has 0 spiro atoms. The maximum Gasteiger partial charge on any atom is 0.128 e. The van der Waals surface area contributed by atoms with Crippen molar-refractivity contribution in [1.82, 2.24) is 10.6 Å². The average Bonchev–Trinajstić information content (AvgIpc) is 3.43. The third-order valence-corrected chi connectivity index (χ3v) is 5.64. The summed E-state index contributed by atoms with van der Waals surface area (Å²) in [4.78, 5) is 9.00. The third kappa shape index (κ3) is 5.52. The van der Waals surface area contributed by atoms with E-state index in [0.717, 1.165) is 78.0 Å². The van der Waals surface area contributed by atoms with Crippen molar-refractivity contribution in [2.75, 3.05) is 26.2 Å². The fraction of sp³-hybridized carbons (Fsp3) is 0.259. The monoisotopic (exact) mass is 440 g/mol. The van der Waals surface area contributed by atoms with E-state index in [-0.39, 0.29) is 0 Å². The number of nitrogens with one attached hydrogen (secondary N) is 2. The Hall–Kier alpha value is -3.80. The highest BCUT2D eigenvalue weighted by molar-refractivity contribution is 6.00. The van der Waals surface area contributed by atoms with Gasteiger partial charge in [-0.05, 0) is 29.7 Å². The zero-order valence-corrected chi connectivity index (χ0v) is 18.6. The number of hydrogen-bond donors (Lipinski definition) is 2. The van der Waals surface area contributed by atoms with Crippen LogP contribution in [-0.2, 0) is 13.2 Å². The van der Waals surface area contributed by atoms with Crippen molar-refractivity contribution in [2.45, 2.75) is 19.6 Å². The van der Waals surface area contributed by atoms with E-state index < -0.39 is 0 Å². The Labute approximate surface area is 194 Å². The van der Waals surface area contributed by atoms with E-state index in [1.807, 2.05) is 24.3 Å². The van der Waals surface area contributed by atoms with Crippen molar-refractivity contribution in [3.05, 3.63) is 95.1 Å². The van der Waals surface area contributed by atoms with Gasteiger partial charge in [-0.2, -0.15) is 0 Å². The standard InChI is InChI=1S/C27H28N4O2/c1-3-24(32-18-20-5-9-22(10-6-20)26-28-13-2-14-29-26)17-25(4-1)33-19-21-7-11-23(12-8-21)27-30-15-16-31-27/h1,3-12,17H,2,13-16,18-19H2,(H,28,29)(H,30,31). The van der Waals surface area contributed by atoms with Crippen LogP contribution in [0.15, 0.2) is 82.8 Å². The lowest BCUT2D eigenvalue weighted by Gasteiger charge is -2.15. The summed E-state index contributed by atoms with van der Waals surface area (Å²) < 4.78 is 12.0. The van der Waals surface area contributed by atoms with Gasteiger partial charge < -0.3 is 20.1 Å². The molecule has 0 unspecified atom stereocenters. The second-order valence-electron chi connectivity index (χ2n) is 8.11. The molecule has 2 aliphatic heterocycles. The SMILES string of the molecule is c1cc(OCc2ccc(C3=NCCCN3)cc2)cc(OCc2ccc(C3=NCCN3)cc2)c1. The smallest absolute Gasteiger partial charge is 0.128 e. The van der Waals surface area contributed by atoms with E-state index in [1.165, 1.54) is 0 Å². The second kappa shape index (κ2) is 10.2. The highest BCUT2D eigenvalue weighted by Gasteiger charge is 2.08. The van der Waals surface area contributed by atoms with Crippen LogP contribution in [0.3, 0.4) is 0 Å². The number of amidine groups is 2. The zero-order valence-electron chi connectivity index (χ0n) is 18.6. The first-order chi connectivity index (χ1) is 16.3. The van der Waals surface area contributed by atoms with Gasteiger partial charge in [0, 0.05) is 36.8 Å². The molecular weight excluding hydrogens is 412 g/mol. The Bertz CT molecular complexity index is 1140. The number of rotatable bonds is 8. The third-order valence-electron chi connectivity index (χ3n) is 5.64. The molecule has 0 fully saturated rings. The van der Waals surface area contributed by atoms with Crippen molar-refractivity contribution in [2.24, 2.45) is 9.98 Å². The van der Waals surface area contributed by atoms with Crippen LogP contribution in [0.1, 0.15) is 28.7 Å². The molecule has 0 bridgehead atoms. The highest BCUT2D eigenvalue weighted by atomic mass is 16.5. The van der Waals surface area contributed by atoms with Crippen LogP contribution in [0, 0.1) is 0 Å². The van der Waals surface area contributed by atoms with Crippen molar-refractivity contribution in [3.63, 3.8) is 0 Å². The Morgan fingerprint density at radius 2 is 1.18 bits per heavy atom. The van der Waals surface area contributed by atoms with Crippen molar-refractivity contribution in [1.29, 1.82) is 0 Å². The van der Waals surface area contributed by atoms with Crippen LogP contribution in [0.4, 0.5) is 0 Å². The van der Waals surface area contributed by atoms with Gasteiger partial charge in [0.15, 0.2) is 0 Å². The molecule has 0 saturated heterocycles. The van der Waals surface area contributed by atoms with Crippen LogP contribution in [-0.4, -0.2) is 37.9 Å². The summed E-state index contributed by atoms with van der Waals surface area (Å²) in [5.74, 6) is 3.53. The van der Waals surface area contributed by atoms with Crippen LogP contribution >= 0.6 is 0 Å². The first-order valence-corrected chi connectivity index (χ1v) is 11.4. The van der Waals surface area contributed by atoms with Gasteiger partial charge in [0.05, 0.1) is 6.54 Å². The van der Waals surface area contributed by atoms with E-state index in [2.05, 4.69) is 69.1 Å². The molecule has 0 amide bonds. The largest absolute Gasteiger partial charge is 0.489 e. The molecule has 168 valence electrons. The summed E-state index contributed by atoms with van der Waals surface area (Å²) in [6.07, 6.45) is 1.10. The lowest BCUT2D eigenvalue weighted by Crippen LogP contribution is -2.30. The lowest BCUT2D eigenvalue weighted by atomic mass is 10.1. The minimum atomic E-state index is 0.503. The second-order valence-corrected chi connectivity index (χ2v) is 8.11. The van der Waals surface area contributed by atoms with E-state index in [1.54, 1.807) is 0 Å². The molecule has 2 aliphatic rings. The Morgan fingerprint density at radius 3 is 1.67 bits per heavy atom. The maximum absolute atomic E-state index is 6.00. The van der Waals surface area contributed by atoms with Gasteiger partial charge in [-0.15, -0.1) is 0 Å². The number of ether oxygens (including phenoxy) is 2. The van der Waals surface area contributed by atoms with Gasteiger partial charge >= 0.3 is 0 Å². The highest BCUT2D eigenvalue weighted by Crippen LogP contribution is 2.22. The molecule has 33 heavy (non-hydrogen) atoms. The molecule has 0 saturated carbocycles. The lowest BCUT2D eigenvalue weighted by molar-refractivity contribution is 0.290. The van der Waals surface area contributed by atoms with E-state index >= 15 is 0 Å². The summed E-state index contributed by atoms with van der Waals surface area (Å²) in [7, 11) is 0. The van der Waals surface area contributed by atoms with Gasteiger partial charge in [0.1, 0.15) is 36.4 Å². The van der Waals surface area contributed by atoms with Crippen LogP contribution in [0.25, 0.3) is 0 Å². The molecule has 2 heterocycles.